The molecule has 0 bridgehead atoms. The number of fused-ring (bicyclic) bond motifs is 1. The van der Waals surface area contributed by atoms with Gasteiger partial charge in [0.2, 0.25) is 0 Å². The summed E-state index contributed by atoms with van der Waals surface area (Å²) in [6.45, 7) is 0. The van der Waals surface area contributed by atoms with Gasteiger partial charge in [0.1, 0.15) is 0 Å². The SMILES string of the molecule is C(#Cc1ccc(C#Cc2ccc(N(c3ccccc3)c3ccccc3)cc2)c2ccccc12)c1ccc(N(c2ccccc2)c2ccccc2)cc1. The third-order valence-corrected chi connectivity index (χ3v) is 8.92. The van der Waals surface area contributed by atoms with Crippen LogP contribution in [0.4, 0.5) is 34.1 Å². The maximum Gasteiger partial charge on any atom is 0.0462 e. The van der Waals surface area contributed by atoms with E-state index in [0.29, 0.717) is 0 Å². The van der Waals surface area contributed by atoms with Crippen LogP contribution in [0.3, 0.4) is 0 Å². The number of anilines is 6. The smallest absolute Gasteiger partial charge is 0.0462 e. The average Bonchev–Trinajstić information content (AvgIpc) is 3.22. The van der Waals surface area contributed by atoms with E-state index >= 15 is 0 Å². The van der Waals surface area contributed by atoms with Gasteiger partial charge in [0, 0.05) is 56.4 Å². The molecule has 0 spiro atoms. The standard InChI is InChI=1S/C50H34N2/c1-5-15-43(16-6-1)51(44-17-7-2-8-18-44)47-35-27-39(28-36-47)25-31-41-33-34-42(50-24-14-13-23-49(41)50)32-26-40-29-37-48(38-30-40)52(45-19-9-3-10-20-45)46-21-11-4-12-22-46/h1-24,27-30,33-38H. The van der Waals surface area contributed by atoms with Crippen molar-refractivity contribution < 1.29 is 0 Å². The molecule has 2 nitrogen and oxygen atoms in total. The van der Waals surface area contributed by atoms with Crippen LogP contribution in [0, 0.1) is 23.7 Å². The van der Waals surface area contributed by atoms with Crippen molar-refractivity contribution in [3.05, 3.63) is 229 Å². The molecule has 0 aromatic heterocycles. The van der Waals surface area contributed by atoms with Crippen LogP contribution >= 0.6 is 0 Å². The Hall–Kier alpha value is -7.26. The Bertz CT molecular complexity index is 2280. The Kier molecular flexibility index (Phi) is 9.29. The van der Waals surface area contributed by atoms with Crippen LogP contribution in [0.25, 0.3) is 10.8 Å². The molecule has 2 heteroatoms. The third-order valence-electron chi connectivity index (χ3n) is 8.92. The molecule has 0 fully saturated rings. The zero-order valence-corrected chi connectivity index (χ0v) is 28.5. The molecule has 0 amide bonds. The van der Waals surface area contributed by atoms with Gasteiger partial charge in [0.15, 0.2) is 0 Å². The lowest BCUT2D eigenvalue weighted by molar-refractivity contribution is 1.28. The highest BCUT2D eigenvalue weighted by atomic mass is 15.1. The predicted octanol–water partition coefficient (Wildman–Crippen LogP) is 12.6. The Morgan fingerprint density at radius 3 is 0.808 bits per heavy atom. The van der Waals surface area contributed by atoms with E-state index < -0.39 is 0 Å². The first-order valence-electron chi connectivity index (χ1n) is 17.4. The lowest BCUT2D eigenvalue weighted by atomic mass is 9.99. The summed E-state index contributed by atoms with van der Waals surface area (Å²) in [5.74, 6) is 13.7. The largest absolute Gasteiger partial charge is 0.311 e. The summed E-state index contributed by atoms with van der Waals surface area (Å²) >= 11 is 0. The minimum Gasteiger partial charge on any atom is -0.311 e. The molecule has 0 N–H and O–H groups in total. The topological polar surface area (TPSA) is 6.48 Å². The number of hydrogen-bond donors (Lipinski definition) is 0. The van der Waals surface area contributed by atoms with Gasteiger partial charge in [-0.1, -0.05) is 121 Å². The van der Waals surface area contributed by atoms with Gasteiger partial charge in [-0.3, -0.25) is 0 Å². The van der Waals surface area contributed by atoms with Crippen molar-refractivity contribution in [3.63, 3.8) is 0 Å². The molecule has 0 unspecified atom stereocenters. The van der Waals surface area contributed by atoms with Gasteiger partial charge in [-0.25, -0.2) is 0 Å². The van der Waals surface area contributed by atoms with Crippen LogP contribution in [0.15, 0.2) is 206 Å². The van der Waals surface area contributed by atoms with Gasteiger partial charge < -0.3 is 9.80 Å². The Morgan fingerprint density at radius 2 is 0.500 bits per heavy atom. The molecular formula is C50H34N2. The molecule has 8 aromatic carbocycles. The second-order valence-corrected chi connectivity index (χ2v) is 12.3. The van der Waals surface area contributed by atoms with Crippen LogP contribution in [0.5, 0.6) is 0 Å². The van der Waals surface area contributed by atoms with Gasteiger partial charge in [-0.15, -0.1) is 0 Å². The van der Waals surface area contributed by atoms with Gasteiger partial charge in [0.05, 0.1) is 0 Å². The van der Waals surface area contributed by atoms with Gasteiger partial charge in [-0.05, 0) is 120 Å². The molecule has 0 atom stereocenters. The van der Waals surface area contributed by atoms with Crippen LogP contribution < -0.4 is 9.80 Å². The molecule has 52 heavy (non-hydrogen) atoms. The summed E-state index contributed by atoms with van der Waals surface area (Å²) in [5.41, 5.74) is 10.5. The summed E-state index contributed by atoms with van der Waals surface area (Å²) in [4.78, 5) is 4.51. The number of benzene rings is 8. The van der Waals surface area contributed by atoms with Crippen molar-refractivity contribution >= 4 is 44.9 Å². The summed E-state index contributed by atoms with van der Waals surface area (Å²) in [5, 5.41) is 2.18. The molecule has 0 aliphatic carbocycles. The zero-order chi connectivity index (χ0) is 35.0. The van der Waals surface area contributed by atoms with Crippen molar-refractivity contribution in [1.82, 2.24) is 0 Å². The van der Waals surface area contributed by atoms with Crippen LogP contribution in [-0.2, 0) is 0 Å². The van der Waals surface area contributed by atoms with Crippen molar-refractivity contribution in [2.24, 2.45) is 0 Å². The number of hydrogen-bond acceptors (Lipinski definition) is 2. The van der Waals surface area contributed by atoms with E-state index in [1.165, 1.54) is 0 Å². The molecule has 0 radical (unpaired) electrons. The zero-order valence-electron chi connectivity index (χ0n) is 28.5. The van der Waals surface area contributed by atoms with Gasteiger partial charge in [-0.2, -0.15) is 0 Å². The normalized spacial score (nSPS) is 10.4. The van der Waals surface area contributed by atoms with Crippen LogP contribution in [0.1, 0.15) is 22.3 Å². The molecule has 0 saturated carbocycles. The number of nitrogens with zero attached hydrogens (tertiary/aromatic N) is 2. The highest BCUT2D eigenvalue weighted by molar-refractivity contribution is 5.93. The fourth-order valence-corrected chi connectivity index (χ4v) is 6.39. The monoisotopic (exact) mass is 662 g/mol. The quantitative estimate of drug-likeness (QED) is 0.164. The third kappa shape index (κ3) is 7.05. The van der Waals surface area contributed by atoms with E-state index in [1.54, 1.807) is 0 Å². The first-order valence-corrected chi connectivity index (χ1v) is 17.4. The van der Waals surface area contributed by atoms with E-state index in [4.69, 9.17) is 0 Å². The van der Waals surface area contributed by atoms with Crippen molar-refractivity contribution in [1.29, 1.82) is 0 Å². The molecule has 0 aliphatic rings. The molecule has 0 heterocycles. The first kappa shape index (κ1) is 32.0. The van der Waals surface area contributed by atoms with Crippen LogP contribution in [-0.4, -0.2) is 0 Å². The second-order valence-electron chi connectivity index (χ2n) is 12.3. The minimum absolute atomic E-state index is 0.958. The fraction of sp³-hybridized carbons (Fsp3) is 0. The van der Waals surface area contributed by atoms with E-state index in [2.05, 4.69) is 215 Å². The average molecular weight is 663 g/mol. The highest BCUT2D eigenvalue weighted by Crippen LogP contribution is 2.35. The molecule has 0 aliphatic heterocycles. The summed E-state index contributed by atoms with van der Waals surface area (Å²) in [6, 6.07) is 71.1. The van der Waals surface area contributed by atoms with Crippen LogP contribution in [0.2, 0.25) is 0 Å². The van der Waals surface area contributed by atoms with E-state index in [1.807, 2.05) is 24.3 Å². The van der Waals surface area contributed by atoms with Crippen molar-refractivity contribution in [3.8, 4) is 23.7 Å². The van der Waals surface area contributed by atoms with Crippen molar-refractivity contribution in [2.45, 2.75) is 0 Å². The number of para-hydroxylation sites is 4. The van der Waals surface area contributed by atoms with E-state index in [-0.39, 0.29) is 0 Å². The molecule has 244 valence electrons. The minimum atomic E-state index is 0.958. The van der Waals surface area contributed by atoms with Crippen molar-refractivity contribution in [2.75, 3.05) is 9.80 Å². The highest BCUT2D eigenvalue weighted by Gasteiger charge is 2.13. The second kappa shape index (κ2) is 15.1. The maximum atomic E-state index is 3.44. The maximum absolute atomic E-state index is 3.44. The molecule has 0 saturated heterocycles. The Morgan fingerprint density at radius 1 is 0.231 bits per heavy atom. The lowest BCUT2D eigenvalue weighted by Gasteiger charge is -2.25. The van der Waals surface area contributed by atoms with Gasteiger partial charge in [0.25, 0.3) is 0 Å². The lowest BCUT2D eigenvalue weighted by Crippen LogP contribution is -2.09. The van der Waals surface area contributed by atoms with E-state index in [0.717, 1.165) is 67.2 Å². The Balaban J connectivity index is 1.04. The number of rotatable bonds is 6. The first-order chi connectivity index (χ1) is 25.8. The van der Waals surface area contributed by atoms with E-state index in [9.17, 15) is 0 Å². The molecule has 8 rings (SSSR count). The Labute approximate surface area is 305 Å². The molecule has 8 aromatic rings. The predicted molar refractivity (Wildman–Crippen MR) is 218 cm³/mol. The van der Waals surface area contributed by atoms with Gasteiger partial charge >= 0.3 is 0 Å². The summed E-state index contributed by atoms with van der Waals surface area (Å²) < 4.78 is 0. The fourth-order valence-electron chi connectivity index (χ4n) is 6.39. The summed E-state index contributed by atoms with van der Waals surface area (Å²) in [7, 11) is 0. The molecular weight excluding hydrogens is 629 g/mol. The summed E-state index contributed by atoms with van der Waals surface area (Å²) in [6.07, 6.45) is 0.